The van der Waals surface area contributed by atoms with Crippen molar-refractivity contribution in [1.82, 2.24) is 49.8 Å². The number of esters is 4. The molecule has 1 unspecified atom stereocenters. The van der Waals surface area contributed by atoms with Gasteiger partial charge in [0.05, 0.1) is 74.1 Å². The number of rotatable bonds is 25. The van der Waals surface area contributed by atoms with Gasteiger partial charge in [-0.2, -0.15) is 0 Å². The van der Waals surface area contributed by atoms with Gasteiger partial charge in [-0.15, -0.1) is 0 Å². The van der Waals surface area contributed by atoms with Crippen molar-refractivity contribution in [2.45, 2.75) is 223 Å². The normalized spacial score (nSPS) is 18.6. The van der Waals surface area contributed by atoms with Crippen LogP contribution in [0.4, 0.5) is 0 Å². The van der Waals surface area contributed by atoms with Gasteiger partial charge in [-0.1, -0.05) is 0 Å². The molecule has 2 saturated heterocycles. The van der Waals surface area contributed by atoms with Crippen LogP contribution in [0.2, 0.25) is 0 Å². The topological polar surface area (TPSA) is 298 Å². The summed E-state index contributed by atoms with van der Waals surface area (Å²) in [6.45, 7) is 46.3. The molecule has 0 aromatic heterocycles. The lowest BCUT2D eigenvalue weighted by atomic mass is 10.2. The van der Waals surface area contributed by atoms with Crippen molar-refractivity contribution in [3.05, 3.63) is 0 Å². The molecule has 2 fully saturated rings. The molecule has 2 aliphatic heterocycles. The van der Waals surface area contributed by atoms with Crippen LogP contribution in [0, 0.1) is 0 Å². The number of carbonyl (C=O) groups is 7. The fourth-order valence-electron chi connectivity index (χ4n) is 10.3. The van der Waals surface area contributed by atoms with Gasteiger partial charge in [-0.25, -0.2) is 0 Å². The van der Waals surface area contributed by atoms with Gasteiger partial charge in [0, 0.05) is 111 Å². The zero-order valence-corrected chi connectivity index (χ0v) is 65.1. The summed E-state index contributed by atoms with van der Waals surface area (Å²) >= 11 is 0. The molecule has 2 amide bonds. The van der Waals surface area contributed by atoms with Crippen molar-refractivity contribution in [3.8, 4) is 0 Å². The smallest absolute Gasteiger partial charge is 0.345 e. The molecule has 0 aromatic carbocycles. The SMILES string of the molecule is CC(C)(C)OC(=O)CN1CCN(CC(=O)NCC(CC(=O)O)NC(=O)CN2CCN(CC(=O)OC(C)(C)C)CCN(CP(=O)(OC(C)(C)C)OC(C)(C)C)CCN(CC(=O)OC(C)(C)C)CC2)CCN(CC(=O)OC(C)(C)C)CCN(CP(=O)(OC(C)(C)C)OC(C)(C)C)CC1. The van der Waals surface area contributed by atoms with Crippen LogP contribution in [-0.2, 0) is 79.7 Å². The van der Waals surface area contributed by atoms with E-state index < -0.39 is 114 Å². The Labute approximate surface area is 575 Å². The molecule has 2 aliphatic rings. The Morgan fingerprint density at radius 2 is 0.542 bits per heavy atom. The number of carbonyl (C=O) groups excluding carboxylic acids is 6. The molecule has 560 valence electrons. The van der Waals surface area contributed by atoms with Crippen LogP contribution in [0.5, 0.6) is 0 Å². The highest BCUT2D eigenvalue weighted by atomic mass is 31.2. The minimum atomic E-state index is -3.82. The van der Waals surface area contributed by atoms with Gasteiger partial charge in [0.25, 0.3) is 0 Å². The lowest BCUT2D eigenvalue weighted by Gasteiger charge is -2.37. The molecule has 1 atom stereocenters. The van der Waals surface area contributed by atoms with E-state index in [4.69, 9.17) is 37.0 Å². The molecule has 2 heterocycles. The van der Waals surface area contributed by atoms with Gasteiger partial charge in [0.2, 0.25) is 11.8 Å². The highest BCUT2D eigenvalue weighted by Crippen LogP contribution is 2.56. The van der Waals surface area contributed by atoms with Gasteiger partial charge in [0.1, 0.15) is 35.0 Å². The van der Waals surface area contributed by atoms with Crippen LogP contribution >= 0.6 is 15.2 Å². The Morgan fingerprint density at radius 1 is 0.333 bits per heavy atom. The molecule has 0 saturated carbocycles. The van der Waals surface area contributed by atoms with Gasteiger partial charge >= 0.3 is 45.0 Å². The summed E-state index contributed by atoms with van der Waals surface area (Å²) in [7, 11) is -7.64. The van der Waals surface area contributed by atoms with E-state index in [1.54, 1.807) is 166 Å². The predicted octanol–water partition coefficient (Wildman–Crippen LogP) is 6.43. The Balaban J connectivity index is 2.54. The van der Waals surface area contributed by atoms with E-state index in [0.717, 1.165) is 0 Å². The fourth-order valence-corrected chi connectivity index (χ4v) is 15.5. The number of hydrogen-bond donors (Lipinski definition) is 3. The van der Waals surface area contributed by atoms with E-state index in [1.807, 2.05) is 39.2 Å². The quantitative estimate of drug-likeness (QED) is 0.0503. The first kappa shape index (κ1) is 88.4. The van der Waals surface area contributed by atoms with Gasteiger partial charge in [-0.05, 0) is 166 Å². The van der Waals surface area contributed by atoms with Crippen LogP contribution in [0.3, 0.4) is 0 Å². The number of nitrogens with zero attached hydrogens (tertiary/aromatic N) is 8. The van der Waals surface area contributed by atoms with Crippen LogP contribution in [-0.4, -0.2) is 300 Å². The number of ether oxygens (including phenoxy) is 4. The third-order valence-corrected chi connectivity index (χ3v) is 18.2. The summed E-state index contributed by atoms with van der Waals surface area (Å²) in [6.07, 6.45) is -0.711. The number of nitrogens with one attached hydrogen (secondary N) is 2. The van der Waals surface area contributed by atoms with Crippen LogP contribution < -0.4 is 10.6 Å². The molecular formula is C66H128N10O18P2. The second-order valence-electron chi connectivity index (χ2n) is 33.2. The Kier molecular flexibility index (Phi) is 34.8. The van der Waals surface area contributed by atoms with Gasteiger partial charge < -0.3 is 52.8 Å². The standard InChI is InChI=1S/C66H128N10O18P2/c1-59(2,3)87-55(81)45-71-29-25-69(26-30-72(46-56(82)88-60(4,5)6)34-38-75(37-33-71)49-95(85,91-63(13,14)15)92-64(16,17)18)43-52(77)67-42-51(41-54(79)80)68-53(78)44-70-27-31-73(47-57(83)89-61(7,8)9)35-39-76(50-96(86,93-65(19,20)21)94-66(22,23)24)40-36-74(32-28-70)48-58(84)90-62(10,11)12/h51H,25-50H2,1-24H3,(H,67,77)(H,68,78)(H,79,80). The minimum Gasteiger partial charge on any atom is -0.481 e. The number of amides is 2. The molecule has 3 N–H and O–H groups in total. The second-order valence-corrected chi connectivity index (χ2v) is 37.0. The van der Waals surface area contributed by atoms with E-state index in [-0.39, 0.29) is 124 Å². The molecule has 0 aliphatic carbocycles. The monoisotopic (exact) mass is 1410 g/mol. The summed E-state index contributed by atoms with van der Waals surface area (Å²) in [5, 5.41) is 15.8. The van der Waals surface area contributed by atoms with E-state index in [9.17, 15) is 47.8 Å². The van der Waals surface area contributed by atoms with Crippen molar-refractivity contribution in [1.29, 1.82) is 0 Å². The molecular weight excluding hydrogens is 1280 g/mol. The highest BCUT2D eigenvalue weighted by molar-refractivity contribution is 7.54. The van der Waals surface area contributed by atoms with Crippen LogP contribution in [0.15, 0.2) is 0 Å². The lowest BCUT2D eigenvalue weighted by molar-refractivity contribution is -0.157. The molecule has 96 heavy (non-hydrogen) atoms. The van der Waals surface area contributed by atoms with E-state index in [0.29, 0.717) is 39.3 Å². The van der Waals surface area contributed by atoms with Crippen molar-refractivity contribution < 1.29 is 84.8 Å². The average Bonchev–Trinajstić information content (AvgIpc) is 0.833. The largest absolute Gasteiger partial charge is 0.481 e. The van der Waals surface area contributed by atoms with E-state index in [1.165, 1.54) is 0 Å². The number of carboxylic acid groups (broad SMARTS) is 1. The second kappa shape index (κ2) is 37.8. The summed E-state index contributed by atoms with van der Waals surface area (Å²) in [4.78, 5) is 110. The first-order chi connectivity index (χ1) is 43.4. The van der Waals surface area contributed by atoms with Crippen molar-refractivity contribution >= 4 is 56.9 Å². The third kappa shape index (κ3) is 44.4. The maximum Gasteiger partial charge on any atom is 0.345 e. The number of aliphatic carboxylic acids is 1. The van der Waals surface area contributed by atoms with Crippen LogP contribution in [0.25, 0.3) is 0 Å². The van der Waals surface area contributed by atoms with E-state index >= 15 is 0 Å². The molecule has 0 bridgehead atoms. The first-order valence-corrected chi connectivity index (χ1v) is 37.3. The lowest BCUT2D eigenvalue weighted by Crippen LogP contribution is -2.52. The fraction of sp³-hybridized carbons (Fsp3) is 0.894. The van der Waals surface area contributed by atoms with Crippen molar-refractivity contribution in [3.63, 3.8) is 0 Å². The predicted molar refractivity (Wildman–Crippen MR) is 371 cm³/mol. The Hall–Kier alpha value is -3.73. The zero-order chi connectivity index (χ0) is 73.7. The summed E-state index contributed by atoms with van der Waals surface area (Å²) < 4.78 is 77.3. The summed E-state index contributed by atoms with van der Waals surface area (Å²) in [5.74, 6) is -4.11. The molecule has 0 aromatic rings. The maximum atomic E-state index is 14.7. The first-order valence-electron chi connectivity index (χ1n) is 33.9. The average molecular weight is 1410 g/mol. The van der Waals surface area contributed by atoms with Crippen LogP contribution in [0.1, 0.15) is 173 Å². The van der Waals surface area contributed by atoms with Crippen molar-refractivity contribution in [2.75, 3.05) is 163 Å². The summed E-state index contributed by atoms with van der Waals surface area (Å²) in [5.41, 5.74) is -6.41. The Bertz CT molecular complexity index is 2450. The highest BCUT2D eigenvalue weighted by Gasteiger charge is 2.40. The van der Waals surface area contributed by atoms with Gasteiger partial charge in [0.15, 0.2) is 0 Å². The van der Waals surface area contributed by atoms with E-state index in [2.05, 4.69) is 10.6 Å². The number of carboxylic acids is 1. The van der Waals surface area contributed by atoms with Gasteiger partial charge in [-0.3, -0.25) is 81.9 Å². The summed E-state index contributed by atoms with van der Waals surface area (Å²) in [6, 6.07) is -1.06. The minimum absolute atomic E-state index is 0.0843. The molecule has 2 rings (SSSR count). The number of hydrogen-bond acceptors (Lipinski definition) is 25. The van der Waals surface area contributed by atoms with Crippen molar-refractivity contribution in [2.24, 2.45) is 0 Å². The Morgan fingerprint density at radius 3 is 0.750 bits per heavy atom. The molecule has 28 nitrogen and oxygen atoms in total. The molecule has 30 heteroatoms. The third-order valence-electron chi connectivity index (χ3n) is 13.4. The maximum absolute atomic E-state index is 14.7. The molecule has 0 spiro atoms. The molecule has 0 radical (unpaired) electrons. The zero-order valence-electron chi connectivity index (χ0n) is 63.3.